The standard InChI is InChI=1S/C17H27FN4O2/c1-13-10-14(4-5-16(13)18)19-17(24)22-8-6-21(7-9-22)12-15(23)11-20(2)3/h4-5,10,15,23H,6-9,11-12H2,1-3H3,(H,19,24)/t15-/m0/s1. The summed E-state index contributed by atoms with van der Waals surface area (Å²) in [5.41, 5.74) is 1.11. The van der Waals surface area contributed by atoms with Crippen molar-refractivity contribution in [2.45, 2.75) is 13.0 Å². The van der Waals surface area contributed by atoms with E-state index in [9.17, 15) is 14.3 Å². The first-order valence-corrected chi connectivity index (χ1v) is 8.22. The highest BCUT2D eigenvalue weighted by Crippen LogP contribution is 2.14. The van der Waals surface area contributed by atoms with Gasteiger partial charge in [0.1, 0.15) is 5.82 Å². The summed E-state index contributed by atoms with van der Waals surface area (Å²) in [6, 6.07) is 4.37. The molecule has 1 heterocycles. The van der Waals surface area contributed by atoms with Gasteiger partial charge in [-0.25, -0.2) is 9.18 Å². The van der Waals surface area contributed by atoms with Gasteiger partial charge in [0.15, 0.2) is 0 Å². The van der Waals surface area contributed by atoms with Crippen LogP contribution in [-0.2, 0) is 0 Å². The highest BCUT2D eigenvalue weighted by atomic mass is 19.1. The molecule has 2 rings (SSSR count). The lowest BCUT2D eigenvalue weighted by atomic mass is 10.2. The van der Waals surface area contributed by atoms with E-state index >= 15 is 0 Å². The van der Waals surface area contributed by atoms with Gasteiger partial charge in [-0.1, -0.05) is 0 Å². The number of carbonyl (C=O) groups excluding carboxylic acids is 1. The minimum Gasteiger partial charge on any atom is -0.390 e. The average Bonchev–Trinajstić information content (AvgIpc) is 2.50. The van der Waals surface area contributed by atoms with Crippen molar-refractivity contribution in [1.82, 2.24) is 14.7 Å². The predicted molar refractivity (Wildman–Crippen MR) is 92.7 cm³/mol. The van der Waals surface area contributed by atoms with Gasteiger partial charge in [-0.2, -0.15) is 0 Å². The Morgan fingerprint density at radius 2 is 2.00 bits per heavy atom. The van der Waals surface area contributed by atoms with Crippen LogP contribution in [-0.4, -0.2) is 85.3 Å². The quantitative estimate of drug-likeness (QED) is 0.847. The van der Waals surface area contributed by atoms with Crippen LogP contribution >= 0.6 is 0 Å². The highest BCUT2D eigenvalue weighted by molar-refractivity contribution is 5.89. The molecule has 134 valence electrons. The monoisotopic (exact) mass is 338 g/mol. The lowest BCUT2D eigenvalue weighted by molar-refractivity contribution is 0.0677. The maximum Gasteiger partial charge on any atom is 0.321 e. The van der Waals surface area contributed by atoms with Crippen LogP contribution in [0.25, 0.3) is 0 Å². The van der Waals surface area contributed by atoms with Crippen molar-refractivity contribution in [2.24, 2.45) is 0 Å². The van der Waals surface area contributed by atoms with Crippen LogP contribution in [0, 0.1) is 12.7 Å². The molecular formula is C17H27FN4O2. The van der Waals surface area contributed by atoms with Gasteiger partial charge >= 0.3 is 6.03 Å². The van der Waals surface area contributed by atoms with E-state index in [0.29, 0.717) is 37.4 Å². The molecular weight excluding hydrogens is 311 g/mol. The third-order valence-corrected chi connectivity index (χ3v) is 4.11. The number of rotatable bonds is 5. The fourth-order valence-corrected chi connectivity index (χ4v) is 2.84. The van der Waals surface area contributed by atoms with Crippen LogP contribution in [0.3, 0.4) is 0 Å². The Hall–Kier alpha value is -1.70. The molecule has 0 unspecified atom stereocenters. The van der Waals surface area contributed by atoms with Gasteiger partial charge in [-0.15, -0.1) is 0 Å². The first-order valence-electron chi connectivity index (χ1n) is 8.22. The molecule has 0 aliphatic carbocycles. The number of β-amino-alcohol motifs (C(OH)–C–C–N with tert-alkyl or cyclic N) is 1. The SMILES string of the molecule is Cc1cc(NC(=O)N2CCN(C[C@@H](O)CN(C)C)CC2)ccc1F. The fraction of sp³-hybridized carbons (Fsp3) is 0.588. The number of aryl methyl sites for hydroxylation is 1. The number of amides is 2. The molecule has 1 aromatic rings. The molecule has 0 radical (unpaired) electrons. The number of halogens is 1. The minimum absolute atomic E-state index is 0.172. The Morgan fingerprint density at radius 3 is 2.58 bits per heavy atom. The molecule has 0 spiro atoms. The molecule has 1 aliphatic rings. The molecule has 1 aromatic carbocycles. The van der Waals surface area contributed by atoms with E-state index in [4.69, 9.17) is 0 Å². The molecule has 6 nitrogen and oxygen atoms in total. The second-order valence-corrected chi connectivity index (χ2v) is 6.60. The smallest absolute Gasteiger partial charge is 0.321 e. The molecule has 1 fully saturated rings. The topological polar surface area (TPSA) is 59.1 Å². The second-order valence-electron chi connectivity index (χ2n) is 6.60. The van der Waals surface area contributed by atoms with Crippen molar-refractivity contribution in [2.75, 3.05) is 58.7 Å². The second kappa shape index (κ2) is 8.41. The number of nitrogens with zero attached hydrogens (tertiary/aromatic N) is 3. The van der Waals surface area contributed by atoms with E-state index in [1.165, 1.54) is 6.07 Å². The summed E-state index contributed by atoms with van der Waals surface area (Å²) in [6.07, 6.45) is -0.387. The Bertz CT molecular complexity index is 560. The van der Waals surface area contributed by atoms with Gasteiger partial charge in [-0.05, 0) is 44.8 Å². The number of carbonyl (C=O) groups is 1. The first-order chi connectivity index (χ1) is 11.3. The molecule has 2 N–H and O–H groups in total. The number of likely N-dealkylation sites (N-methyl/N-ethyl adjacent to an activating group) is 1. The summed E-state index contributed by atoms with van der Waals surface area (Å²) in [4.78, 5) is 18.2. The first kappa shape index (κ1) is 18.6. The molecule has 0 aromatic heterocycles. The zero-order chi connectivity index (χ0) is 17.7. The van der Waals surface area contributed by atoms with Gasteiger partial charge in [0.25, 0.3) is 0 Å². The normalized spacial score (nSPS) is 17.2. The zero-order valence-electron chi connectivity index (χ0n) is 14.6. The van der Waals surface area contributed by atoms with Crippen molar-refractivity contribution >= 4 is 11.7 Å². The van der Waals surface area contributed by atoms with E-state index in [1.54, 1.807) is 24.0 Å². The summed E-state index contributed by atoms with van der Waals surface area (Å²) in [5, 5.41) is 12.8. The van der Waals surface area contributed by atoms with E-state index in [0.717, 1.165) is 13.1 Å². The summed E-state index contributed by atoms with van der Waals surface area (Å²) < 4.78 is 13.3. The number of hydrogen-bond acceptors (Lipinski definition) is 4. The number of aliphatic hydroxyl groups is 1. The van der Waals surface area contributed by atoms with Gasteiger partial charge in [-0.3, -0.25) is 4.90 Å². The molecule has 0 saturated carbocycles. The number of urea groups is 1. The van der Waals surface area contributed by atoms with Crippen molar-refractivity contribution in [1.29, 1.82) is 0 Å². The minimum atomic E-state index is -0.387. The number of benzene rings is 1. The average molecular weight is 338 g/mol. The Balaban J connectivity index is 1.79. The molecule has 1 saturated heterocycles. The fourth-order valence-electron chi connectivity index (χ4n) is 2.84. The van der Waals surface area contributed by atoms with Crippen molar-refractivity contribution in [3.63, 3.8) is 0 Å². The Morgan fingerprint density at radius 1 is 1.33 bits per heavy atom. The van der Waals surface area contributed by atoms with Gasteiger partial charge < -0.3 is 20.2 Å². The van der Waals surface area contributed by atoms with Crippen LogP contribution in [0.4, 0.5) is 14.9 Å². The van der Waals surface area contributed by atoms with Crippen molar-refractivity contribution < 1.29 is 14.3 Å². The Labute approximate surface area is 142 Å². The summed E-state index contributed by atoms with van der Waals surface area (Å²) in [6.45, 7) is 5.61. The summed E-state index contributed by atoms with van der Waals surface area (Å²) in [5.74, 6) is -0.280. The van der Waals surface area contributed by atoms with Crippen LogP contribution in [0.15, 0.2) is 18.2 Å². The molecule has 1 aliphatic heterocycles. The number of nitrogens with one attached hydrogen (secondary N) is 1. The molecule has 24 heavy (non-hydrogen) atoms. The number of piperazine rings is 1. The van der Waals surface area contributed by atoms with Crippen molar-refractivity contribution in [3.8, 4) is 0 Å². The lowest BCUT2D eigenvalue weighted by Crippen LogP contribution is -2.52. The largest absolute Gasteiger partial charge is 0.390 e. The van der Waals surface area contributed by atoms with E-state index in [-0.39, 0.29) is 18.0 Å². The van der Waals surface area contributed by atoms with Crippen LogP contribution in [0.2, 0.25) is 0 Å². The van der Waals surface area contributed by atoms with E-state index in [2.05, 4.69) is 10.2 Å². The number of anilines is 1. The molecule has 7 heteroatoms. The van der Waals surface area contributed by atoms with Crippen LogP contribution in [0.1, 0.15) is 5.56 Å². The highest BCUT2D eigenvalue weighted by Gasteiger charge is 2.22. The van der Waals surface area contributed by atoms with Crippen molar-refractivity contribution in [3.05, 3.63) is 29.6 Å². The molecule has 0 bridgehead atoms. The predicted octanol–water partition coefficient (Wildman–Crippen LogP) is 1.21. The van der Waals surface area contributed by atoms with Gasteiger partial charge in [0.05, 0.1) is 6.10 Å². The lowest BCUT2D eigenvalue weighted by Gasteiger charge is -2.35. The third-order valence-electron chi connectivity index (χ3n) is 4.11. The number of hydrogen-bond donors (Lipinski definition) is 2. The van der Waals surface area contributed by atoms with Gasteiger partial charge in [0.2, 0.25) is 0 Å². The zero-order valence-corrected chi connectivity index (χ0v) is 14.6. The van der Waals surface area contributed by atoms with Gasteiger partial charge in [0, 0.05) is 45.0 Å². The summed E-state index contributed by atoms with van der Waals surface area (Å²) >= 11 is 0. The molecule has 1 atom stereocenters. The number of aliphatic hydroxyl groups excluding tert-OH is 1. The summed E-state index contributed by atoms with van der Waals surface area (Å²) in [7, 11) is 3.87. The van der Waals surface area contributed by atoms with Crippen LogP contribution < -0.4 is 5.32 Å². The third kappa shape index (κ3) is 5.43. The van der Waals surface area contributed by atoms with E-state index in [1.807, 2.05) is 19.0 Å². The van der Waals surface area contributed by atoms with E-state index < -0.39 is 0 Å². The van der Waals surface area contributed by atoms with Crippen LogP contribution in [0.5, 0.6) is 0 Å². The maximum absolute atomic E-state index is 13.3. The Kier molecular flexibility index (Phi) is 6.53. The molecule has 2 amide bonds. The maximum atomic E-state index is 13.3.